The lowest BCUT2D eigenvalue weighted by Gasteiger charge is -2.14. The number of aromatic nitrogens is 2. The first-order valence-electron chi connectivity index (χ1n) is 11.8. The van der Waals surface area contributed by atoms with Crippen molar-refractivity contribution >= 4 is 23.7 Å². The molecule has 2 aliphatic rings. The van der Waals surface area contributed by atoms with Gasteiger partial charge in [-0.1, -0.05) is 24.3 Å². The second-order valence-corrected chi connectivity index (χ2v) is 8.63. The maximum Gasteiger partial charge on any atom is 0.320 e. The minimum Gasteiger partial charge on any atom is -0.355 e. The van der Waals surface area contributed by atoms with Crippen LogP contribution in [0.25, 0.3) is 0 Å². The number of carbonyl (C=O) groups excluding carboxylic acids is 3. The number of fused-ring (bicyclic) bond motifs is 1. The molecule has 0 spiro atoms. The quantitative estimate of drug-likeness (QED) is 0.352. The molecule has 2 aromatic rings. The summed E-state index contributed by atoms with van der Waals surface area (Å²) in [5, 5.41) is 14.4. The molecule has 1 aromatic heterocycles. The van der Waals surface area contributed by atoms with Gasteiger partial charge in [0.2, 0.25) is 5.91 Å². The number of benzene rings is 1. The van der Waals surface area contributed by atoms with E-state index in [4.69, 9.17) is 0 Å². The van der Waals surface area contributed by atoms with E-state index >= 15 is 0 Å². The molecule has 10 nitrogen and oxygen atoms in total. The SMILES string of the molecule is O=C(NCCCCNC(=O)[C@@H]1CCCN1)Nc1nccnc1C(=O)NC1Cc2ccccc2C1. The average molecular weight is 466 g/mol. The normalized spacial score (nSPS) is 17.1. The molecule has 0 radical (unpaired) electrons. The van der Waals surface area contributed by atoms with Crippen LogP contribution in [-0.2, 0) is 17.6 Å². The molecular weight excluding hydrogens is 434 g/mol. The van der Waals surface area contributed by atoms with Gasteiger partial charge in [0.1, 0.15) is 0 Å². The van der Waals surface area contributed by atoms with Gasteiger partial charge in [0.25, 0.3) is 5.91 Å². The lowest BCUT2D eigenvalue weighted by molar-refractivity contribution is -0.122. The molecule has 180 valence electrons. The molecule has 4 amide bonds. The zero-order valence-electron chi connectivity index (χ0n) is 19.1. The highest BCUT2D eigenvalue weighted by Gasteiger charge is 2.25. The molecule has 1 aliphatic heterocycles. The Hall–Kier alpha value is -3.53. The Morgan fingerprint density at radius 3 is 2.38 bits per heavy atom. The van der Waals surface area contributed by atoms with E-state index in [1.165, 1.54) is 23.5 Å². The highest BCUT2D eigenvalue weighted by atomic mass is 16.2. The Balaban J connectivity index is 1.18. The summed E-state index contributed by atoms with van der Waals surface area (Å²) in [7, 11) is 0. The molecule has 0 bridgehead atoms. The summed E-state index contributed by atoms with van der Waals surface area (Å²) >= 11 is 0. The predicted octanol–water partition coefficient (Wildman–Crippen LogP) is 1.14. The van der Waals surface area contributed by atoms with Gasteiger partial charge >= 0.3 is 6.03 Å². The number of rotatable bonds is 9. The molecule has 1 aromatic carbocycles. The summed E-state index contributed by atoms with van der Waals surface area (Å²) in [5.41, 5.74) is 2.55. The number of carbonyl (C=O) groups is 3. The molecule has 1 atom stereocenters. The van der Waals surface area contributed by atoms with Crippen LogP contribution in [0.4, 0.5) is 10.6 Å². The number of hydrogen-bond acceptors (Lipinski definition) is 6. The van der Waals surface area contributed by atoms with E-state index in [-0.39, 0.29) is 35.4 Å². The molecule has 1 fully saturated rings. The highest BCUT2D eigenvalue weighted by molar-refractivity contribution is 6.00. The van der Waals surface area contributed by atoms with Crippen molar-refractivity contribution in [3.63, 3.8) is 0 Å². The number of amides is 4. The number of hydrogen-bond donors (Lipinski definition) is 5. The van der Waals surface area contributed by atoms with Gasteiger partial charge in [-0.15, -0.1) is 0 Å². The number of unbranched alkanes of at least 4 members (excludes halogenated alkanes) is 1. The minimum absolute atomic E-state index is 0.0153. The van der Waals surface area contributed by atoms with Gasteiger partial charge in [0.05, 0.1) is 6.04 Å². The summed E-state index contributed by atoms with van der Waals surface area (Å²) < 4.78 is 0. The lowest BCUT2D eigenvalue weighted by Crippen LogP contribution is -2.40. The Bertz CT molecular complexity index is 998. The van der Waals surface area contributed by atoms with Gasteiger partial charge in [0.15, 0.2) is 11.5 Å². The molecule has 0 unspecified atom stereocenters. The van der Waals surface area contributed by atoms with Gasteiger partial charge < -0.3 is 21.3 Å². The summed E-state index contributed by atoms with van der Waals surface area (Å²) in [6.07, 6.45) is 7.76. The second-order valence-electron chi connectivity index (χ2n) is 8.63. The zero-order chi connectivity index (χ0) is 23.8. The van der Waals surface area contributed by atoms with Crippen molar-refractivity contribution in [2.45, 2.75) is 50.6 Å². The summed E-state index contributed by atoms with van der Waals surface area (Å²) in [4.78, 5) is 45.3. The first kappa shape index (κ1) is 23.6. The Labute approximate surface area is 198 Å². The monoisotopic (exact) mass is 465 g/mol. The van der Waals surface area contributed by atoms with Gasteiger partial charge in [-0.3, -0.25) is 14.9 Å². The van der Waals surface area contributed by atoms with Crippen molar-refractivity contribution in [3.05, 3.63) is 53.5 Å². The minimum atomic E-state index is -0.456. The van der Waals surface area contributed by atoms with Crippen LogP contribution in [0, 0.1) is 0 Å². The van der Waals surface area contributed by atoms with Crippen molar-refractivity contribution in [1.82, 2.24) is 31.2 Å². The van der Waals surface area contributed by atoms with Crippen molar-refractivity contribution < 1.29 is 14.4 Å². The number of nitrogens with one attached hydrogen (secondary N) is 5. The van der Waals surface area contributed by atoms with Gasteiger partial charge in [-0.25, -0.2) is 14.8 Å². The third-order valence-corrected chi connectivity index (χ3v) is 6.10. The van der Waals surface area contributed by atoms with Gasteiger partial charge in [-0.05, 0) is 56.2 Å². The van der Waals surface area contributed by atoms with E-state index in [9.17, 15) is 14.4 Å². The molecule has 1 aliphatic carbocycles. The molecule has 1 saturated heterocycles. The summed E-state index contributed by atoms with van der Waals surface area (Å²) in [5.74, 6) is -0.212. The van der Waals surface area contributed by atoms with Crippen LogP contribution in [0.5, 0.6) is 0 Å². The van der Waals surface area contributed by atoms with Crippen molar-refractivity contribution in [2.24, 2.45) is 0 Å². The molecular formula is C24H31N7O3. The number of nitrogens with zero attached hydrogens (tertiary/aromatic N) is 2. The Kier molecular flexibility index (Phi) is 8.03. The molecule has 34 heavy (non-hydrogen) atoms. The standard InChI is InChI=1S/C24H31N7O3/c32-22(19-8-5-11-25-19)28-9-3-4-10-29-24(34)31-21-20(26-12-13-27-21)23(33)30-18-14-16-6-1-2-7-17(16)15-18/h1-2,6-7,12-13,18-19,25H,3-5,8-11,14-15H2,(H,28,32)(H,30,33)(H2,27,29,31,34)/t19-/m0/s1. The van der Waals surface area contributed by atoms with Crippen LogP contribution in [0.1, 0.15) is 47.3 Å². The number of anilines is 1. The molecule has 0 saturated carbocycles. The maximum absolute atomic E-state index is 12.8. The van der Waals surface area contributed by atoms with Crippen LogP contribution in [0.15, 0.2) is 36.7 Å². The van der Waals surface area contributed by atoms with Crippen LogP contribution < -0.4 is 26.6 Å². The number of urea groups is 1. The van der Waals surface area contributed by atoms with Crippen LogP contribution >= 0.6 is 0 Å². The molecule has 5 N–H and O–H groups in total. The fourth-order valence-corrected chi connectivity index (χ4v) is 4.36. The van der Waals surface area contributed by atoms with E-state index in [0.29, 0.717) is 19.5 Å². The molecule has 2 heterocycles. The van der Waals surface area contributed by atoms with E-state index < -0.39 is 6.03 Å². The van der Waals surface area contributed by atoms with Crippen molar-refractivity contribution in [1.29, 1.82) is 0 Å². The predicted molar refractivity (Wildman–Crippen MR) is 127 cm³/mol. The average Bonchev–Trinajstić information content (AvgIpc) is 3.51. The summed E-state index contributed by atoms with van der Waals surface area (Å²) in [6.45, 7) is 1.90. The largest absolute Gasteiger partial charge is 0.355 e. The van der Waals surface area contributed by atoms with Crippen molar-refractivity contribution in [2.75, 3.05) is 25.0 Å². The third kappa shape index (κ3) is 6.28. The second kappa shape index (κ2) is 11.6. The zero-order valence-corrected chi connectivity index (χ0v) is 19.1. The first-order chi connectivity index (χ1) is 16.6. The van der Waals surface area contributed by atoms with Gasteiger partial charge in [0, 0.05) is 31.5 Å². The van der Waals surface area contributed by atoms with E-state index in [0.717, 1.165) is 38.6 Å². The fraction of sp³-hybridized carbons (Fsp3) is 0.458. The van der Waals surface area contributed by atoms with Crippen LogP contribution in [-0.4, -0.2) is 59.5 Å². The fourth-order valence-electron chi connectivity index (χ4n) is 4.36. The Morgan fingerprint density at radius 2 is 1.68 bits per heavy atom. The first-order valence-corrected chi connectivity index (χ1v) is 11.8. The molecule has 4 rings (SSSR count). The van der Waals surface area contributed by atoms with Crippen molar-refractivity contribution in [3.8, 4) is 0 Å². The lowest BCUT2D eigenvalue weighted by atomic mass is 10.1. The Morgan fingerprint density at radius 1 is 0.971 bits per heavy atom. The van der Waals surface area contributed by atoms with Crippen LogP contribution in [0.2, 0.25) is 0 Å². The topological polar surface area (TPSA) is 137 Å². The molecule has 10 heteroatoms. The van der Waals surface area contributed by atoms with E-state index in [1.54, 1.807) is 0 Å². The van der Waals surface area contributed by atoms with Gasteiger partial charge in [-0.2, -0.15) is 0 Å². The van der Waals surface area contributed by atoms with E-state index in [1.807, 2.05) is 12.1 Å². The van der Waals surface area contributed by atoms with E-state index in [2.05, 4.69) is 48.7 Å². The van der Waals surface area contributed by atoms with Crippen LogP contribution in [0.3, 0.4) is 0 Å². The maximum atomic E-state index is 12.8. The summed E-state index contributed by atoms with van der Waals surface area (Å²) in [6, 6.07) is 7.59. The smallest absolute Gasteiger partial charge is 0.320 e. The highest BCUT2D eigenvalue weighted by Crippen LogP contribution is 2.22. The third-order valence-electron chi connectivity index (χ3n) is 6.10.